The molecule has 3 aromatic rings. The van der Waals surface area contributed by atoms with Crippen LogP contribution < -0.4 is 4.90 Å². The molecule has 1 aromatic heterocycles. The highest BCUT2D eigenvalue weighted by Crippen LogP contribution is 2.27. The van der Waals surface area contributed by atoms with Crippen LogP contribution in [0.5, 0.6) is 0 Å². The first kappa shape index (κ1) is 22.1. The third-order valence-electron chi connectivity index (χ3n) is 5.56. The Morgan fingerprint density at radius 1 is 1.03 bits per heavy atom. The lowest BCUT2D eigenvalue weighted by Gasteiger charge is -2.34. The molecule has 32 heavy (non-hydrogen) atoms. The predicted molar refractivity (Wildman–Crippen MR) is 120 cm³/mol. The molecular formula is C24H24FN3O3S. The van der Waals surface area contributed by atoms with Crippen LogP contribution in [0, 0.1) is 11.7 Å². The van der Waals surface area contributed by atoms with Crippen LogP contribution in [0.1, 0.15) is 18.4 Å². The number of anilines is 1. The summed E-state index contributed by atoms with van der Waals surface area (Å²) in [6, 6.07) is 19.8. The molecule has 1 aliphatic rings. The molecule has 1 atom stereocenters. The lowest BCUT2D eigenvalue weighted by molar-refractivity contribution is -0.123. The zero-order valence-corrected chi connectivity index (χ0v) is 18.3. The summed E-state index contributed by atoms with van der Waals surface area (Å²) in [4.78, 5) is 19.6. The van der Waals surface area contributed by atoms with Crippen molar-refractivity contribution in [1.82, 2.24) is 9.29 Å². The number of amides is 1. The third-order valence-corrected chi connectivity index (χ3v) is 7.44. The molecule has 1 unspecified atom stereocenters. The number of piperidine rings is 1. The monoisotopic (exact) mass is 453 g/mol. The molecule has 1 saturated heterocycles. The van der Waals surface area contributed by atoms with E-state index < -0.39 is 21.8 Å². The topological polar surface area (TPSA) is 70.6 Å². The second-order valence-corrected chi connectivity index (χ2v) is 9.69. The molecule has 1 amide bonds. The van der Waals surface area contributed by atoms with Crippen molar-refractivity contribution in [2.24, 2.45) is 5.92 Å². The Balaban J connectivity index is 1.57. The van der Waals surface area contributed by atoms with Crippen molar-refractivity contribution in [3.8, 4) is 0 Å². The summed E-state index contributed by atoms with van der Waals surface area (Å²) in [7, 11) is -3.81. The number of sulfonamides is 1. The lowest BCUT2D eigenvalue weighted by Crippen LogP contribution is -2.46. The highest BCUT2D eigenvalue weighted by molar-refractivity contribution is 7.89. The van der Waals surface area contributed by atoms with Gasteiger partial charge in [0.15, 0.2) is 0 Å². The number of hydrogen-bond acceptors (Lipinski definition) is 4. The van der Waals surface area contributed by atoms with Gasteiger partial charge in [0.05, 0.1) is 17.4 Å². The van der Waals surface area contributed by atoms with Gasteiger partial charge in [0, 0.05) is 19.3 Å². The van der Waals surface area contributed by atoms with E-state index in [9.17, 15) is 17.6 Å². The van der Waals surface area contributed by atoms with E-state index in [4.69, 9.17) is 0 Å². The number of nitrogens with zero attached hydrogens (tertiary/aromatic N) is 3. The molecule has 4 rings (SSSR count). The van der Waals surface area contributed by atoms with Crippen LogP contribution in [0.4, 0.5) is 10.2 Å². The maximum atomic E-state index is 13.6. The summed E-state index contributed by atoms with van der Waals surface area (Å²) in [6.45, 7) is 0.750. The minimum atomic E-state index is -3.81. The molecule has 1 aliphatic heterocycles. The van der Waals surface area contributed by atoms with E-state index in [0.29, 0.717) is 31.7 Å². The van der Waals surface area contributed by atoms with Gasteiger partial charge in [-0.25, -0.2) is 17.8 Å². The number of aromatic nitrogens is 1. The zero-order chi connectivity index (χ0) is 22.6. The fourth-order valence-electron chi connectivity index (χ4n) is 3.89. The first-order valence-corrected chi connectivity index (χ1v) is 11.9. The third kappa shape index (κ3) is 4.87. The molecule has 6 nitrogen and oxygen atoms in total. The quantitative estimate of drug-likeness (QED) is 0.568. The van der Waals surface area contributed by atoms with E-state index in [1.807, 2.05) is 36.4 Å². The van der Waals surface area contributed by atoms with Gasteiger partial charge in [-0.1, -0.05) is 36.4 Å². The van der Waals surface area contributed by atoms with Gasteiger partial charge in [0.2, 0.25) is 15.9 Å². The van der Waals surface area contributed by atoms with E-state index in [1.165, 1.54) is 16.4 Å². The summed E-state index contributed by atoms with van der Waals surface area (Å²) >= 11 is 0. The normalized spacial score (nSPS) is 17.1. The van der Waals surface area contributed by atoms with Gasteiger partial charge in [0.1, 0.15) is 11.6 Å². The maximum absolute atomic E-state index is 13.6. The van der Waals surface area contributed by atoms with Crippen molar-refractivity contribution in [3.63, 3.8) is 0 Å². The van der Waals surface area contributed by atoms with Crippen molar-refractivity contribution in [2.75, 3.05) is 18.0 Å². The van der Waals surface area contributed by atoms with Gasteiger partial charge < -0.3 is 0 Å². The molecular weight excluding hydrogens is 429 g/mol. The molecule has 166 valence electrons. The minimum absolute atomic E-state index is 0.0258. The lowest BCUT2D eigenvalue weighted by atomic mass is 9.97. The Kier molecular flexibility index (Phi) is 6.62. The van der Waals surface area contributed by atoms with E-state index in [0.717, 1.165) is 17.7 Å². The fourth-order valence-corrected chi connectivity index (χ4v) is 5.41. The smallest absolute Gasteiger partial charge is 0.243 e. The van der Waals surface area contributed by atoms with Gasteiger partial charge in [-0.3, -0.25) is 9.69 Å². The highest BCUT2D eigenvalue weighted by Gasteiger charge is 2.35. The highest BCUT2D eigenvalue weighted by atomic mass is 32.2. The van der Waals surface area contributed by atoms with Crippen LogP contribution in [0.3, 0.4) is 0 Å². The Hall–Kier alpha value is -3.10. The first-order valence-electron chi connectivity index (χ1n) is 10.5. The standard InChI is InChI=1S/C24H24FN3O3S/c25-21-11-13-22(14-12-21)32(30,31)27-16-6-9-20(18-27)24(29)28(23-10-4-5-15-26-23)17-19-7-2-1-3-8-19/h1-5,7-8,10-15,20H,6,9,16-18H2. The number of hydrogen-bond donors (Lipinski definition) is 0. The average molecular weight is 454 g/mol. The second kappa shape index (κ2) is 9.58. The van der Waals surface area contributed by atoms with Gasteiger partial charge in [-0.15, -0.1) is 0 Å². The summed E-state index contributed by atoms with van der Waals surface area (Å²) in [5.74, 6) is -0.626. The van der Waals surface area contributed by atoms with E-state index >= 15 is 0 Å². The number of halogens is 1. The van der Waals surface area contributed by atoms with E-state index in [1.54, 1.807) is 23.2 Å². The Bertz CT molecular complexity index is 1160. The molecule has 0 saturated carbocycles. The van der Waals surface area contributed by atoms with Crippen LogP contribution >= 0.6 is 0 Å². The maximum Gasteiger partial charge on any atom is 0.243 e. The van der Waals surface area contributed by atoms with E-state index in [2.05, 4.69) is 4.98 Å². The van der Waals surface area contributed by atoms with Crippen LogP contribution in [0.2, 0.25) is 0 Å². The number of benzene rings is 2. The second-order valence-electron chi connectivity index (χ2n) is 7.75. The predicted octanol–water partition coefficient (Wildman–Crippen LogP) is 3.85. The Labute approximate surface area is 187 Å². The molecule has 1 fully saturated rings. The van der Waals surface area contributed by atoms with Crippen molar-refractivity contribution in [3.05, 3.63) is 90.4 Å². The molecule has 0 bridgehead atoms. The molecule has 2 heterocycles. The van der Waals surface area contributed by atoms with Crippen LogP contribution in [-0.4, -0.2) is 36.7 Å². The van der Waals surface area contributed by atoms with Crippen molar-refractivity contribution >= 4 is 21.7 Å². The summed E-state index contributed by atoms with van der Waals surface area (Å²) in [6.07, 6.45) is 2.79. The van der Waals surface area contributed by atoms with Crippen molar-refractivity contribution in [2.45, 2.75) is 24.3 Å². The minimum Gasteiger partial charge on any atom is -0.292 e. The molecule has 0 spiro atoms. The van der Waals surface area contributed by atoms with E-state index in [-0.39, 0.29) is 17.3 Å². The fraction of sp³-hybridized carbons (Fsp3) is 0.250. The van der Waals surface area contributed by atoms with Crippen molar-refractivity contribution in [1.29, 1.82) is 0 Å². The van der Waals surface area contributed by atoms with Gasteiger partial charge in [0.25, 0.3) is 0 Å². The van der Waals surface area contributed by atoms with Crippen LogP contribution in [0.25, 0.3) is 0 Å². The molecule has 0 aliphatic carbocycles. The number of rotatable bonds is 6. The molecule has 8 heteroatoms. The van der Waals surface area contributed by atoms with Gasteiger partial charge >= 0.3 is 0 Å². The molecule has 2 aromatic carbocycles. The van der Waals surface area contributed by atoms with Gasteiger partial charge in [-0.2, -0.15) is 4.31 Å². The SMILES string of the molecule is O=C(C1CCCN(S(=O)(=O)c2ccc(F)cc2)C1)N(Cc1ccccc1)c1ccccn1. The number of carbonyl (C=O) groups is 1. The van der Waals surface area contributed by atoms with Gasteiger partial charge in [-0.05, 0) is 54.8 Å². The first-order chi connectivity index (χ1) is 15.4. The summed E-state index contributed by atoms with van der Waals surface area (Å²) < 4.78 is 40.7. The summed E-state index contributed by atoms with van der Waals surface area (Å²) in [5.41, 5.74) is 0.957. The van der Waals surface area contributed by atoms with Crippen LogP contribution in [0.15, 0.2) is 83.9 Å². The number of carbonyl (C=O) groups excluding carboxylic acids is 1. The molecule has 0 N–H and O–H groups in total. The molecule has 0 radical (unpaired) electrons. The largest absolute Gasteiger partial charge is 0.292 e. The van der Waals surface area contributed by atoms with Crippen LogP contribution in [-0.2, 0) is 21.4 Å². The summed E-state index contributed by atoms with van der Waals surface area (Å²) in [5, 5.41) is 0. The Morgan fingerprint density at radius 2 is 1.75 bits per heavy atom. The number of pyridine rings is 1. The van der Waals surface area contributed by atoms with Crippen molar-refractivity contribution < 1.29 is 17.6 Å². The Morgan fingerprint density at radius 3 is 2.44 bits per heavy atom. The average Bonchev–Trinajstić information content (AvgIpc) is 2.84. The zero-order valence-electron chi connectivity index (χ0n) is 17.5.